The Morgan fingerprint density at radius 3 is 2.71 bits per heavy atom. The Bertz CT molecular complexity index is 509. The highest BCUT2D eigenvalue weighted by Crippen LogP contribution is 2.29. The number of carbonyl (C=O) groups is 1. The van der Waals surface area contributed by atoms with Gasteiger partial charge in [0.05, 0.1) is 18.1 Å². The van der Waals surface area contributed by atoms with Gasteiger partial charge in [0.2, 0.25) is 0 Å². The van der Waals surface area contributed by atoms with E-state index < -0.39 is 22.4 Å². The summed E-state index contributed by atoms with van der Waals surface area (Å²) in [5, 5.41) is 11.0. The van der Waals surface area contributed by atoms with Crippen molar-refractivity contribution < 1.29 is 23.6 Å². The second kappa shape index (κ2) is 8.15. The first kappa shape index (κ1) is 16.8. The minimum Gasteiger partial charge on any atom is -0.468 e. The van der Waals surface area contributed by atoms with Gasteiger partial charge in [0.15, 0.2) is 0 Å². The Morgan fingerprint density at radius 1 is 1.43 bits per heavy atom. The average molecular weight is 300 g/mol. The monoisotopic (exact) mass is 300 g/mol. The molecule has 1 rings (SSSR count). The third-order valence-corrected chi connectivity index (χ3v) is 2.80. The van der Waals surface area contributed by atoms with Crippen LogP contribution < -0.4 is 4.90 Å². The van der Waals surface area contributed by atoms with E-state index in [4.69, 9.17) is 4.74 Å². The number of hydrogen-bond acceptors (Lipinski definition) is 6. The van der Waals surface area contributed by atoms with Crippen LogP contribution in [0.3, 0.4) is 0 Å². The molecular formula is C13H17FN2O5. The van der Waals surface area contributed by atoms with Crippen LogP contribution in [0.4, 0.5) is 15.8 Å². The standard InChI is InChI=1S/C13H17FN2O5/c1-20-7-3-6-15(9-13(17)21-2)11-5-4-10(14)8-12(11)16(18)19/h4-5,8H,3,6-7,9H2,1-2H3. The molecule has 0 aromatic heterocycles. The molecule has 0 N–H and O–H groups in total. The largest absolute Gasteiger partial charge is 0.468 e. The fraction of sp³-hybridized carbons (Fsp3) is 0.462. The molecule has 116 valence electrons. The van der Waals surface area contributed by atoms with Gasteiger partial charge in [0, 0.05) is 20.3 Å². The zero-order valence-corrected chi connectivity index (χ0v) is 11.9. The molecule has 1 aromatic carbocycles. The highest BCUT2D eigenvalue weighted by molar-refractivity contribution is 5.77. The Hall–Kier alpha value is -2.22. The van der Waals surface area contributed by atoms with E-state index in [1.807, 2.05) is 0 Å². The molecule has 0 unspecified atom stereocenters. The van der Waals surface area contributed by atoms with E-state index in [0.29, 0.717) is 19.6 Å². The molecule has 0 aliphatic carbocycles. The SMILES string of the molecule is COCCCN(CC(=O)OC)c1ccc(F)cc1[N+](=O)[O-]. The van der Waals surface area contributed by atoms with Crippen LogP contribution in [0, 0.1) is 15.9 Å². The van der Waals surface area contributed by atoms with Gasteiger partial charge in [-0.05, 0) is 18.6 Å². The normalized spacial score (nSPS) is 10.2. The Balaban J connectivity index is 3.05. The summed E-state index contributed by atoms with van der Waals surface area (Å²) in [4.78, 5) is 23.3. The molecule has 0 amide bonds. The second-order valence-corrected chi connectivity index (χ2v) is 4.23. The maximum absolute atomic E-state index is 13.2. The van der Waals surface area contributed by atoms with E-state index in [-0.39, 0.29) is 12.2 Å². The molecule has 0 fully saturated rings. The highest BCUT2D eigenvalue weighted by Gasteiger charge is 2.22. The van der Waals surface area contributed by atoms with Gasteiger partial charge in [-0.3, -0.25) is 14.9 Å². The molecular weight excluding hydrogens is 283 g/mol. The number of nitro groups is 1. The van der Waals surface area contributed by atoms with Crippen molar-refractivity contribution in [1.29, 1.82) is 0 Å². The quantitative estimate of drug-likeness (QED) is 0.315. The third kappa shape index (κ3) is 4.99. The van der Waals surface area contributed by atoms with Crippen LogP contribution in [0.5, 0.6) is 0 Å². The van der Waals surface area contributed by atoms with E-state index in [1.165, 1.54) is 25.2 Å². The van der Waals surface area contributed by atoms with Crippen LogP contribution >= 0.6 is 0 Å². The van der Waals surface area contributed by atoms with Crippen molar-refractivity contribution in [3.8, 4) is 0 Å². The summed E-state index contributed by atoms with van der Waals surface area (Å²) < 4.78 is 22.7. The van der Waals surface area contributed by atoms with Crippen molar-refractivity contribution in [2.75, 3.05) is 38.8 Å². The van der Waals surface area contributed by atoms with Crippen molar-refractivity contribution >= 4 is 17.3 Å². The summed E-state index contributed by atoms with van der Waals surface area (Å²) in [6.45, 7) is 0.620. The molecule has 21 heavy (non-hydrogen) atoms. The van der Waals surface area contributed by atoms with E-state index in [2.05, 4.69) is 4.74 Å². The molecule has 0 aliphatic heterocycles. The van der Waals surface area contributed by atoms with Crippen LogP contribution in [0.15, 0.2) is 18.2 Å². The lowest BCUT2D eigenvalue weighted by atomic mass is 10.2. The zero-order chi connectivity index (χ0) is 15.8. The maximum Gasteiger partial charge on any atom is 0.325 e. The lowest BCUT2D eigenvalue weighted by Crippen LogP contribution is -2.32. The van der Waals surface area contributed by atoms with Crippen molar-refractivity contribution in [2.24, 2.45) is 0 Å². The molecule has 0 heterocycles. The van der Waals surface area contributed by atoms with Gasteiger partial charge in [-0.15, -0.1) is 0 Å². The van der Waals surface area contributed by atoms with Crippen LogP contribution in [0.2, 0.25) is 0 Å². The van der Waals surface area contributed by atoms with E-state index in [9.17, 15) is 19.3 Å². The summed E-state index contributed by atoms with van der Waals surface area (Å²) in [7, 11) is 2.76. The molecule has 0 bridgehead atoms. The lowest BCUT2D eigenvalue weighted by molar-refractivity contribution is -0.384. The second-order valence-electron chi connectivity index (χ2n) is 4.23. The number of esters is 1. The maximum atomic E-state index is 13.2. The Kier molecular flexibility index (Phi) is 6.54. The molecule has 0 spiro atoms. The number of carbonyl (C=O) groups excluding carboxylic acids is 1. The van der Waals surface area contributed by atoms with E-state index in [0.717, 1.165) is 12.1 Å². The van der Waals surface area contributed by atoms with Gasteiger partial charge in [0.1, 0.15) is 18.0 Å². The molecule has 7 nitrogen and oxygen atoms in total. The first-order chi connectivity index (χ1) is 9.99. The van der Waals surface area contributed by atoms with Gasteiger partial charge in [-0.1, -0.05) is 0 Å². The number of methoxy groups -OCH3 is 2. The van der Waals surface area contributed by atoms with Crippen molar-refractivity contribution in [3.05, 3.63) is 34.1 Å². The van der Waals surface area contributed by atoms with Crippen molar-refractivity contribution in [3.63, 3.8) is 0 Å². The number of ether oxygens (including phenoxy) is 2. The zero-order valence-electron chi connectivity index (χ0n) is 11.9. The van der Waals surface area contributed by atoms with Crippen molar-refractivity contribution in [1.82, 2.24) is 0 Å². The summed E-state index contributed by atoms with van der Waals surface area (Å²) in [6, 6.07) is 3.22. The lowest BCUT2D eigenvalue weighted by Gasteiger charge is -2.23. The van der Waals surface area contributed by atoms with E-state index >= 15 is 0 Å². The van der Waals surface area contributed by atoms with Crippen LogP contribution in [0.1, 0.15) is 6.42 Å². The third-order valence-electron chi connectivity index (χ3n) is 2.80. The predicted octanol–water partition coefficient (Wildman–Crippen LogP) is 1.75. The summed E-state index contributed by atoms with van der Waals surface area (Å²) in [5.41, 5.74) is -0.223. The van der Waals surface area contributed by atoms with Gasteiger partial charge in [0.25, 0.3) is 5.69 Å². The number of benzene rings is 1. The first-order valence-corrected chi connectivity index (χ1v) is 6.24. The summed E-state index contributed by atoms with van der Waals surface area (Å²) in [6.07, 6.45) is 0.558. The molecule has 0 radical (unpaired) electrons. The molecule has 0 saturated heterocycles. The van der Waals surface area contributed by atoms with Crippen LogP contribution in [-0.2, 0) is 14.3 Å². The summed E-state index contributed by atoms with van der Waals surface area (Å²) >= 11 is 0. The number of nitro benzene ring substituents is 1. The molecule has 0 saturated carbocycles. The number of halogens is 1. The Morgan fingerprint density at radius 2 is 2.14 bits per heavy atom. The average Bonchev–Trinajstić information content (AvgIpc) is 2.46. The summed E-state index contributed by atoms with van der Waals surface area (Å²) in [5.74, 6) is -1.24. The number of hydrogen-bond donors (Lipinski definition) is 0. The minimum absolute atomic E-state index is 0.160. The fourth-order valence-corrected chi connectivity index (χ4v) is 1.82. The van der Waals surface area contributed by atoms with Gasteiger partial charge in [-0.25, -0.2) is 4.39 Å². The smallest absolute Gasteiger partial charge is 0.325 e. The Labute approximate surface area is 121 Å². The van der Waals surface area contributed by atoms with E-state index in [1.54, 1.807) is 0 Å². The minimum atomic E-state index is -0.708. The predicted molar refractivity (Wildman–Crippen MR) is 73.8 cm³/mol. The molecule has 0 aliphatic rings. The fourth-order valence-electron chi connectivity index (χ4n) is 1.82. The van der Waals surface area contributed by atoms with Crippen molar-refractivity contribution in [2.45, 2.75) is 6.42 Å². The number of anilines is 1. The number of rotatable bonds is 8. The highest BCUT2D eigenvalue weighted by atomic mass is 19.1. The van der Waals surface area contributed by atoms with Crippen LogP contribution in [-0.4, -0.2) is 44.8 Å². The molecule has 1 aromatic rings. The number of nitrogens with zero attached hydrogens (tertiary/aromatic N) is 2. The topological polar surface area (TPSA) is 81.9 Å². The molecule has 0 atom stereocenters. The van der Waals surface area contributed by atoms with Gasteiger partial charge >= 0.3 is 5.97 Å². The molecule has 8 heteroatoms. The first-order valence-electron chi connectivity index (χ1n) is 6.24. The van der Waals surface area contributed by atoms with Gasteiger partial charge in [-0.2, -0.15) is 0 Å². The van der Waals surface area contributed by atoms with Gasteiger partial charge < -0.3 is 14.4 Å². The van der Waals surface area contributed by atoms with Crippen LogP contribution in [0.25, 0.3) is 0 Å².